The zero-order valence-corrected chi connectivity index (χ0v) is 13.3. The number of thiocarbonyl (C=S) groups is 1. The largest absolute Gasteiger partial charge is 0.489 e. The minimum absolute atomic E-state index is 0.169. The van der Waals surface area contributed by atoms with E-state index < -0.39 is 0 Å². The second-order valence-corrected chi connectivity index (χ2v) is 6.37. The van der Waals surface area contributed by atoms with Crippen molar-refractivity contribution >= 4 is 51.1 Å². The molecule has 110 valence electrons. The molecule has 0 spiro atoms. The summed E-state index contributed by atoms with van der Waals surface area (Å²) in [6.07, 6.45) is 3.53. The summed E-state index contributed by atoms with van der Waals surface area (Å²) in [6, 6.07) is 11.9. The van der Waals surface area contributed by atoms with Crippen molar-refractivity contribution in [2.45, 2.75) is 0 Å². The molecule has 1 fully saturated rings. The van der Waals surface area contributed by atoms with E-state index in [0.29, 0.717) is 15.8 Å². The maximum absolute atomic E-state index is 11.9. The first kappa shape index (κ1) is 14.8. The number of fused-ring (bicyclic) bond motifs is 1. The van der Waals surface area contributed by atoms with E-state index in [2.05, 4.69) is 11.9 Å². The van der Waals surface area contributed by atoms with Gasteiger partial charge in [0.25, 0.3) is 5.91 Å². The van der Waals surface area contributed by atoms with Gasteiger partial charge in [0.2, 0.25) is 0 Å². The van der Waals surface area contributed by atoms with Gasteiger partial charge in [-0.2, -0.15) is 0 Å². The average molecular weight is 327 g/mol. The normalized spacial score (nSPS) is 16.1. The van der Waals surface area contributed by atoms with Gasteiger partial charge in [-0.1, -0.05) is 67.0 Å². The highest BCUT2D eigenvalue weighted by Gasteiger charge is 2.23. The molecule has 0 unspecified atom stereocenters. The molecule has 5 heteroatoms. The highest BCUT2D eigenvalue weighted by molar-refractivity contribution is 8.26. The van der Waals surface area contributed by atoms with E-state index >= 15 is 0 Å². The van der Waals surface area contributed by atoms with E-state index in [-0.39, 0.29) is 5.91 Å². The number of hydrogen-bond acceptors (Lipinski definition) is 4. The Morgan fingerprint density at radius 3 is 2.82 bits per heavy atom. The van der Waals surface area contributed by atoms with Crippen LogP contribution in [0.5, 0.6) is 5.75 Å². The average Bonchev–Trinajstić information content (AvgIpc) is 2.84. The fourth-order valence-corrected chi connectivity index (χ4v) is 3.28. The summed E-state index contributed by atoms with van der Waals surface area (Å²) >= 11 is 6.30. The van der Waals surface area contributed by atoms with Crippen molar-refractivity contribution in [3.8, 4) is 5.75 Å². The van der Waals surface area contributed by atoms with Crippen LogP contribution in [0.1, 0.15) is 5.56 Å². The lowest BCUT2D eigenvalue weighted by Crippen LogP contribution is -2.17. The Morgan fingerprint density at radius 2 is 2.09 bits per heavy atom. The van der Waals surface area contributed by atoms with Gasteiger partial charge >= 0.3 is 0 Å². The molecule has 0 bridgehead atoms. The molecule has 3 nitrogen and oxygen atoms in total. The number of thioether (sulfide) groups is 1. The fraction of sp³-hybridized carbons (Fsp3) is 0.0588. The number of hydrogen-bond donors (Lipinski definition) is 1. The summed E-state index contributed by atoms with van der Waals surface area (Å²) in [5.74, 6) is 0.551. The maximum Gasteiger partial charge on any atom is 0.263 e. The number of rotatable bonds is 4. The topological polar surface area (TPSA) is 38.3 Å². The Morgan fingerprint density at radius 1 is 1.27 bits per heavy atom. The van der Waals surface area contributed by atoms with Crippen LogP contribution >= 0.6 is 24.0 Å². The second kappa shape index (κ2) is 6.34. The Bertz CT molecular complexity index is 811. The summed E-state index contributed by atoms with van der Waals surface area (Å²) in [7, 11) is 0. The molecule has 1 amide bonds. The molecule has 2 aromatic rings. The molecule has 1 aliphatic rings. The lowest BCUT2D eigenvalue weighted by molar-refractivity contribution is -0.115. The van der Waals surface area contributed by atoms with Crippen LogP contribution in [0, 0.1) is 0 Å². The lowest BCUT2D eigenvalue weighted by Gasteiger charge is -2.11. The second-order valence-electron chi connectivity index (χ2n) is 4.65. The number of carbonyl (C=O) groups is 1. The third-order valence-corrected chi connectivity index (χ3v) is 4.37. The molecule has 0 radical (unpaired) electrons. The van der Waals surface area contributed by atoms with Crippen molar-refractivity contribution < 1.29 is 9.53 Å². The first-order chi connectivity index (χ1) is 10.7. The minimum Gasteiger partial charge on any atom is -0.489 e. The number of carbonyl (C=O) groups excluding carboxylic acids is 1. The summed E-state index contributed by atoms with van der Waals surface area (Å²) in [5.41, 5.74) is 0.877. The van der Waals surface area contributed by atoms with E-state index in [1.54, 1.807) is 6.08 Å². The van der Waals surface area contributed by atoms with Crippen molar-refractivity contribution in [2.24, 2.45) is 0 Å². The van der Waals surface area contributed by atoms with Gasteiger partial charge in [0, 0.05) is 5.56 Å². The maximum atomic E-state index is 11.9. The molecule has 0 saturated carbocycles. The third-order valence-electron chi connectivity index (χ3n) is 3.20. The molecule has 1 heterocycles. The Hall–Kier alpha value is -2.11. The summed E-state index contributed by atoms with van der Waals surface area (Å²) < 4.78 is 6.21. The quantitative estimate of drug-likeness (QED) is 0.525. The molecule has 0 aromatic heterocycles. The first-order valence-electron chi connectivity index (χ1n) is 6.69. The SMILES string of the molecule is C=CCOc1ccc2ccccc2c1/C=C1\SC(=S)NC1=O. The molecule has 1 N–H and O–H groups in total. The summed E-state index contributed by atoms with van der Waals surface area (Å²) in [6.45, 7) is 4.08. The molecular formula is C17H13NO2S2. The zero-order valence-electron chi connectivity index (χ0n) is 11.7. The van der Waals surface area contributed by atoms with Gasteiger partial charge in [-0.15, -0.1) is 0 Å². The highest BCUT2D eigenvalue weighted by atomic mass is 32.2. The summed E-state index contributed by atoms with van der Waals surface area (Å²) in [4.78, 5) is 12.5. The molecule has 22 heavy (non-hydrogen) atoms. The molecule has 0 atom stereocenters. The van der Waals surface area contributed by atoms with Crippen LogP contribution in [-0.2, 0) is 4.79 Å². The van der Waals surface area contributed by atoms with Gasteiger partial charge in [-0.25, -0.2) is 0 Å². The van der Waals surface area contributed by atoms with Crippen molar-refractivity contribution in [2.75, 3.05) is 6.61 Å². The Balaban J connectivity index is 2.16. The summed E-state index contributed by atoms with van der Waals surface area (Å²) in [5, 5.41) is 4.75. The van der Waals surface area contributed by atoms with Crippen LogP contribution in [0.2, 0.25) is 0 Å². The van der Waals surface area contributed by atoms with E-state index in [0.717, 1.165) is 22.1 Å². The van der Waals surface area contributed by atoms with E-state index in [9.17, 15) is 4.79 Å². The predicted molar refractivity (Wildman–Crippen MR) is 95.9 cm³/mol. The smallest absolute Gasteiger partial charge is 0.263 e. The molecular weight excluding hydrogens is 314 g/mol. The number of benzene rings is 2. The Labute approximate surface area is 138 Å². The van der Waals surface area contributed by atoms with Gasteiger partial charge < -0.3 is 10.1 Å². The molecule has 3 rings (SSSR count). The number of nitrogens with one attached hydrogen (secondary N) is 1. The monoisotopic (exact) mass is 327 g/mol. The number of amides is 1. The van der Waals surface area contributed by atoms with Gasteiger partial charge in [0.05, 0.1) is 4.91 Å². The van der Waals surface area contributed by atoms with Crippen LogP contribution < -0.4 is 10.1 Å². The molecule has 0 aliphatic carbocycles. The van der Waals surface area contributed by atoms with Crippen molar-refractivity contribution in [1.29, 1.82) is 0 Å². The lowest BCUT2D eigenvalue weighted by atomic mass is 10.0. The first-order valence-corrected chi connectivity index (χ1v) is 7.92. The standard InChI is InChI=1S/C17H13NO2S2/c1-2-9-20-14-8-7-11-5-3-4-6-12(11)13(14)10-15-16(19)18-17(21)22-15/h2-8,10H,1,9H2,(H,18,19,21)/b15-10-. The Kier molecular flexibility index (Phi) is 4.27. The van der Waals surface area contributed by atoms with Crippen LogP contribution in [0.3, 0.4) is 0 Å². The van der Waals surface area contributed by atoms with Gasteiger partial charge in [-0.05, 0) is 22.9 Å². The van der Waals surface area contributed by atoms with Crippen LogP contribution in [0.25, 0.3) is 16.8 Å². The molecule has 1 saturated heterocycles. The minimum atomic E-state index is -0.169. The zero-order chi connectivity index (χ0) is 15.5. The fourth-order valence-electron chi connectivity index (χ4n) is 2.25. The van der Waals surface area contributed by atoms with E-state index in [1.807, 2.05) is 42.5 Å². The van der Waals surface area contributed by atoms with Crippen LogP contribution in [-0.4, -0.2) is 16.8 Å². The van der Waals surface area contributed by atoms with Crippen LogP contribution in [0.4, 0.5) is 0 Å². The molecule has 1 aliphatic heterocycles. The van der Waals surface area contributed by atoms with Gasteiger partial charge in [-0.3, -0.25) is 4.79 Å². The predicted octanol–water partition coefficient (Wildman–Crippen LogP) is 3.89. The van der Waals surface area contributed by atoms with Crippen molar-refractivity contribution in [3.63, 3.8) is 0 Å². The third kappa shape index (κ3) is 2.91. The van der Waals surface area contributed by atoms with Gasteiger partial charge in [0.15, 0.2) is 0 Å². The van der Waals surface area contributed by atoms with Crippen molar-refractivity contribution in [1.82, 2.24) is 5.32 Å². The van der Waals surface area contributed by atoms with Crippen molar-refractivity contribution in [3.05, 3.63) is 59.5 Å². The molecule has 2 aromatic carbocycles. The highest BCUT2D eigenvalue weighted by Crippen LogP contribution is 2.34. The number of ether oxygens (including phenoxy) is 1. The van der Waals surface area contributed by atoms with Gasteiger partial charge in [0.1, 0.15) is 16.7 Å². The van der Waals surface area contributed by atoms with Crippen LogP contribution in [0.15, 0.2) is 54.0 Å². The van der Waals surface area contributed by atoms with E-state index in [4.69, 9.17) is 17.0 Å². The van der Waals surface area contributed by atoms with E-state index in [1.165, 1.54) is 11.8 Å².